The largest absolute Gasteiger partial charge is 0.499 e. The maximum absolute atomic E-state index is 13.3. The average molecular weight is 552 g/mol. The van der Waals surface area contributed by atoms with Gasteiger partial charge in [-0.3, -0.25) is 9.59 Å². The Morgan fingerprint density at radius 1 is 1.18 bits per heavy atom. The molecule has 0 saturated carbocycles. The van der Waals surface area contributed by atoms with E-state index in [0.29, 0.717) is 0 Å². The van der Waals surface area contributed by atoms with E-state index in [-0.39, 0.29) is 58.4 Å². The predicted molar refractivity (Wildman–Crippen MR) is 133 cm³/mol. The molecule has 3 rings (SSSR count). The van der Waals surface area contributed by atoms with Gasteiger partial charge < -0.3 is 35.4 Å². The molecule has 0 bridgehead atoms. The van der Waals surface area contributed by atoms with Gasteiger partial charge in [-0.2, -0.15) is 13.2 Å². The van der Waals surface area contributed by atoms with Crippen LogP contribution in [0, 0.1) is 0 Å². The highest BCUT2D eigenvalue weighted by molar-refractivity contribution is 5.98. The van der Waals surface area contributed by atoms with Gasteiger partial charge in [-0.1, -0.05) is 6.58 Å². The van der Waals surface area contributed by atoms with E-state index >= 15 is 0 Å². The lowest BCUT2D eigenvalue weighted by atomic mass is 10.1. The van der Waals surface area contributed by atoms with E-state index < -0.39 is 35.3 Å². The van der Waals surface area contributed by atoms with Crippen LogP contribution in [0.1, 0.15) is 35.8 Å². The number of nitrogens with one attached hydrogen (secondary N) is 2. The highest BCUT2D eigenvalue weighted by Gasteiger charge is 2.33. The van der Waals surface area contributed by atoms with Crippen molar-refractivity contribution in [2.45, 2.75) is 38.2 Å². The lowest BCUT2D eigenvalue weighted by Crippen LogP contribution is -2.49. The first-order chi connectivity index (χ1) is 18.2. The number of carbonyl (C=O) groups excluding carboxylic acids is 2. The van der Waals surface area contributed by atoms with Gasteiger partial charge in [0, 0.05) is 17.5 Å². The fraction of sp³-hybridized carbons (Fsp3) is 0.360. The normalized spacial score (nSPS) is 12.6. The second kappa shape index (κ2) is 11.3. The van der Waals surface area contributed by atoms with Gasteiger partial charge in [0.25, 0.3) is 11.8 Å². The van der Waals surface area contributed by atoms with E-state index in [1.807, 2.05) is 0 Å². The molecule has 0 saturated heterocycles. The number of carbonyl (C=O) groups is 2. The van der Waals surface area contributed by atoms with Crippen molar-refractivity contribution in [3.8, 4) is 17.2 Å². The molecule has 0 fully saturated rings. The Morgan fingerprint density at radius 2 is 1.87 bits per heavy atom. The van der Waals surface area contributed by atoms with E-state index in [2.05, 4.69) is 27.2 Å². The van der Waals surface area contributed by atoms with Gasteiger partial charge >= 0.3 is 6.18 Å². The number of methoxy groups -OCH3 is 2. The minimum atomic E-state index is -4.68. The lowest BCUT2D eigenvalue weighted by Gasteiger charge is -2.23. The number of nitrogens with zero attached hydrogens (tertiary/aromatic N) is 2. The molecule has 1 atom stereocenters. The molecule has 39 heavy (non-hydrogen) atoms. The summed E-state index contributed by atoms with van der Waals surface area (Å²) in [5, 5.41) is 15.2. The summed E-state index contributed by atoms with van der Waals surface area (Å²) in [6.45, 7) is 5.91. The Labute approximate surface area is 221 Å². The molecule has 3 aromatic rings. The van der Waals surface area contributed by atoms with Crippen LogP contribution in [0.2, 0.25) is 0 Å². The van der Waals surface area contributed by atoms with E-state index in [1.54, 1.807) is 0 Å². The summed E-state index contributed by atoms with van der Waals surface area (Å²) >= 11 is 0. The van der Waals surface area contributed by atoms with Crippen LogP contribution in [-0.2, 0) is 22.3 Å². The number of hydrogen-bond acceptors (Lipinski definition) is 9. The van der Waals surface area contributed by atoms with Crippen LogP contribution in [-0.4, -0.2) is 59.3 Å². The molecule has 1 aromatic carbocycles. The molecule has 1 unspecified atom stereocenters. The number of halogens is 3. The Bertz CT molecular complexity index is 1400. The van der Waals surface area contributed by atoms with E-state index in [1.165, 1.54) is 46.3 Å². The SMILES string of the molecule is C=C(OC)C(CNC(=O)C(C)(C)O)NC(=O)c1nc(-c2ccc(OC)c3nc(C(F)(F)F)ccc23)oc1CN. The first-order valence-corrected chi connectivity index (χ1v) is 11.5. The number of rotatable bonds is 10. The van der Waals surface area contributed by atoms with Gasteiger partial charge in [0.05, 0.1) is 20.8 Å². The number of fused-ring (bicyclic) bond motifs is 1. The maximum atomic E-state index is 13.3. The Hall–Kier alpha value is -4.17. The van der Waals surface area contributed by atoms with Crippen molar-refractivity contribution in [2.24, 2.45) is 5.73 Å². The zero-order valence-corrected chi connectivity index (χ0v) is 21.6. The summed E-state index contributed by atoms with van der Waals surface area (Å²) in [6, 6.07) is 4.01. The molecule has 2 heterocycles. The number of aliphatic hydroxyl groups is 1. The highest BCUT2D eigenvalue weighted by Crippen LogP contribution is 2.37. The first-order valence-electron chi connectivity index (χ1n) is 11.5. The molecule has 0 radical (unpaired) electrons. The summed E-state index contributed by atoms with van der Waals surface area (Å²) in [6.07, 6.45) is -4.68. The molecular formula is C25H28F3N5O6. The number of amides is 2. The van der Waals surface area contributed by atoms with Gasteiger partial charge in [0.2, 0.25) is 5.89 Å². The van der Waals surface area contributed by atoms with Crippen molar-refractivity contribution < 1.29 is 41.8 Å². The summed E-state index contributed by atoms with van der Waals surface area (Å²) in [5.41, 5.74) is 2.97. The summed E-state index contributed by atoms with van der Waals surface area (Å²) < 4.78 is 55.8. The minimum absolute atomic E-state index is 0.00588. The van der Waals surface area contributed by atoms with Crippen molar-refractivity contribution in [1.29, 1.82) is 0 Å². The van der Waals surface area contributed by atoms with E-state index in [4.69, 9.17) is 19.6 Å². The number of benzene rings is 1. The van der Waals surface area contributed by atoms with Crippen LogP contribution in [0.15, 0.2) is 41.0 Å². The Morgan fingerprint density at radius 3 is 2.44 bits per heavy atom. The molecule has 0 aliphatic rings. The number of pyridine rings is 1. The predicted octanol–water partition coefficient (Wildman–Crippen LogP) is 2.52. The molecular weight excluding hydrogens is 523 g/mol. The fourth-order valence-electron chi connectivity index (χ4n) is 3.51. The van der Waals surface area contributed by atoms with Gasteiger partial charge in [0.1, 0.15) is 34.4 Å². The van der Waals surface area contributed by atoms with Crippen molar-refractivity contribution in [2.75, 3.05) is 20.8 Å². The molecule has 2 aromatic heterocycles. The Balaban J connectivity index is 1.98. The monoisotopic (exact) mass is 551 g/mol. The molecule has 210 valence electrons. The maximum Gasteiger partial charge on any atom is 0.433 e. The second-order valence-corrected chi connectivity index (χ2v) is 8.87. The van der Waals surface area contributed by atoms with Gasteiger partial charge in [-0.05, 0) is 38.1 Å². The van der Waals surface area contributed by atoms with Crippen molar-refractivity contribution >= 4 is 22.7 Å². The van der Waals surface area contributed by atoms with Gasteiger partial charge in [0.15, 0.2) is 11.5 Å². The van der Waals surface area contributed by atoms with Gasteiger partial charge in [-0.15, -0.1) is 0 Å². The quantitative estimate of drug-likeness (QED) is 0.278. The van der Waals surface area contributed by atoms with Crippen LogP contribution >= 0.6 is 0 Å². The van der Waals surface area contributed by atoms with Crippen molar-refractivity contribution in [1.82, 2.24) is 20.6 Å². The van der Waals surface area contributed by atoms with Gasteiger partial charge in [-0.25, -0.2) is 9.97 Å². The number of oxazole rings is 1. The fourth-order valence-corrected chi connectivity index (χ4v) is 3.51. The number of aromatic nitrogens is 2. The summed E-state index contributed by atoms with van der Waals surface area (Å²) in [5.74, 6) is -1.34. The first kappa shape index (κ1) is 29.4. The molecule has 0 spiro atoms. The number of nitrogens with two attached hydrogens (primary N) is 1. The molecule has 2 amide bonds. The van der Waals surface area contributed by atoms with Crippen molar-refractivity contribution in [3.05, 3.63) is 53.8 Å². The standard InChI is InChI=1S/C25H28F3N5O6/c1-12(37-4)15(11-30-23(35)24(2,3)36)31-21(34)20-17(10-29)39-22(33-20)14-6-8-16(38-5)19-13(14)7-9-18(32-19)25(26,27)28/h6-9,15,36H,1,10-11,29H2,2-5H3,(H,30,35)(H,31,34). The lowest BCUT2D eigenvalue weighted by molar-refractivity contribution is -0.141. The Kier molecular flexibility index (Phi) is 8.51. The molecule has 5 N–H and O–H groups in total. The van der Waals surface area contributed by atoms with Crippen LogP contribution in [0.5, 0.6) is 5.75 Å². The number of ether oxygens (including phenoxy) is 2. The van der Waals surface area contributed by atoms with Crippen LogP contribution < -0.4 is 21.1 Å². The van der Waals surface area contributed by atoms with Crippen molar-refractivity contribution in [3.63, 3.8) is 0 Å². The highest BCUT2D eigenvalue weighted by atomic mass is 19.4. The minimum Gasteiger partial charge on any atom is -0.499 e. The topological polar surface area (TPSA) is 162 Å². The van der Waals surface area contributed by atoms with E-state index in [9.17, 15) is 27.9 Å². The second-order valence-electron chi connectivity index (χ2n) is 8.87. The third-order valence-electron chi connectivity index (χ3n) is 5.64. The zero-order chi connectivity index (χ0) is 29.1. The van der Waals surface area contributed by atoms with E-state index in [0.717, 1.165) is 6.07 Å². The third-order valence-corrected chi connectivity index (χ3v) is 5.64. The average Bonchev–Trinajstić information content (AvgIpc) is 3.32. The van der Waals surface area contributed by atoms with Crippen LogP contribution in [0.25, 0.3) is 22.4 Å². The number of alkyl halides is 3. The molecule has 0 aliphatic carbocycles. The summed E-state index contributed by atoms with van der Waals surface area (Å²) in [4.78, 5) is 33.2. The third kappa shape index (κ3) is 6.46. The van der Waals surface area contributed by atoms with Crippen LogP contribution in [0.3, 0.4) is 0 Å². The summed E-state index contributed by atoms with van der Waals surface area (Å²) in [7, 11) is 2.62. The molecule has 0 aliphatic heterocycles. The number of hydrogen-bond donors (Lipinski definition) is 4. The molecule has 14 heteroatoms. The van der Waals surface area contributed by atoms with Crippen LogP contribution in [0.4, 0.5) is 13.2 Å². The molecule has 11 nitrogen and oxygen atoms in total. The zero-order valence-electron chi connectivity index (χ0n) is 21.6. The smallest absolute Gasteiger partial charge is 0.433 e.